The van der Waals surface area contributed by atoms with Crippen molar-refractivity contribution in [2.45, 2.75) is 17.5 Å². The first-order valence-electron chi connectivity index (χ1n) is 6.98. The summed E-state index contributed by atoms with van der Waals surface area (Å²) in [5.41, 5.74) is 1.95. The van der Waals surface area contributed by atoms with Crippen LogP contribution in [0.3, 0.4) is 0 Å². The van der Waals surface area contributed by atoms with Crippen LogP contribution in [0.15, 0.2) is 48.5 Å². The number of anilines is 1. The molecule has 0 spiro atoms. The molecule has 0 aliphatic carbocycles. The third-order valence-corrected chi connectivity index (χ3v) is 5.26. The van der Waals surface area contributed by atoms with E-state index < -0.39 is 0 Å². The molecule has 0 N–H and O–H groups in total. The van der Waals surface area contributed by atoms with Crippen molar-refractivity contribution < 1.29 is 9.53 Å². The number of carbonyl (C=O) groups is 1. The first-order chi connectivity index (χ1) is 10.6. The zero-order valence-corrected chi connectivity index (χ0v) is 13.9. The van der Waals surface area contributed by atoms with Crippen LogP contribution >= 0.6 is 23.4 Å². The van der Waals surface area contributed by atoms with E-state index in [0.29, 0.717) is 5.02 Å². The number of hydrogen-bond donors (Lipinski definition) is 0. The number of rotatable bonds is 3. The monoisotopic (exact) mass is 333 g/mol. The van der Waals surface area contributed by atoms with E-state index in [4.69, 9.17) is 16.3 Å². The van der Waals surface area contributed by atoms with Gasteiger partial charge in [-0.15, -0.1) is 11.8 Å². The molecule has 1 amide bonds. The summed E-state index contributed by atoms with van der Waals surface area (Å²) in [4.78, 5) is 14.4. The Kier molecular flexibility index (Phi) is 4.32. The number of amides is 1. The van der Waals surface area contributed by atoms with Gasteiger partial charge >= 0.3 is 0 Å². The second kappa shape index (κ2) is 6.23. The molecule has 2 aromatic carbocycles. The Hall–Kier alpha value is -1.65. The average Bonchev–Trinajstić information content (AvgIpc) is 2.84. The van der Waals surface area contributed by atoms with Gasteiger partial charge in [-0.1, -0.05) is 23.7 Å². The smallest absolute Gasteiger partial charge is 0.241 e. The highest BCUT2D eigenvalue weighted by atomic mass is 35.5. The molecule has 1 fully saturated rings. The molecule has 0 unspecified atom stereocenters. The zero-order chi connectivity index (χ0) is 15.7. The fraction of sp³-hybridized carbons (Fsp3) is 0.235. The molecule has 114 valence electrons. The highest BCUT2D eigenvalue weighted by Gasteiger charge is 2.39. The van der Waals surface area contributed by atoms with E-state index >= 15 is 0 Å². The van der Waals surface area contributed by atoms with Gasteiger partial charge in [0, 0.05) is 10.7 Å². The fourth-order valence-electron chi connectivity index (χ4n) is 2.48. The number of methoxy groups -OCH3 is 1. The van der Waals surface area contributed by atoms with Crippen LogP contribution in [0.2, 0.25) is 5.02 Å². The minimum atomic E-state index is -0.0669. The highest BCUT2D eigenvalue weighted by Crippen LogP contribution is 2.45. The van der Waals surface area contributed by atoms with Gasteiger partial charge in [0.15, 0.2) is 0 Å². The maximum atomic E-state index is 12.5. The molecule has 2 atom stereocenters. The third-order valence-electron chi connectivity index (χ3n) is 3.66. The number of nitrogens with zero attached hydrogens (tertiary/aromatic N) is 1. The molecular formula is C17H16ClNO2S. The number of hydrogen-bond acceptors (Lipinski definition) is 3. The maximum Gasteiger partial charge on any atom is 0.241 e. The van der Waals surface area contributed by atoms with Gasteiger partial charge in [0.1, 0.15) is 11.1 Å². The molecule has 3 rings (SSSR count). The number of carbonyl (C=O) groups excluding carboxylic acids is 1. The predicted octanol–water partition coefficient (Wildman–Crippen LogP) is 4.52. The van der Waals surface area contributed by atoms with Crippen LogP contribution in [0.4, 0.5) is 5.69 Å². The molecule has 1 heterocycles. The van der Waals surface area contributed by atoms with Crippen molar-refractivity contribution >= 4 is 35.0 Å². The Balaban J connectivity index is 1.97. The second-order valence-electron chi connectivity index (χ2n) is 5.09. The summed E-state index contributed by atoms with van der Waals surface area (Å²) in [6, 6.07) is 15.2. The Morgan fingerprint density at radius 1 is 1.09 bits per heavy atom. The van der Waals surface area contributed by atoms with Gasteiger partial charge in [-0.3, -0.25) is 9.69 Å². The lowest BCUT2D eigenvalue weighted by Crippen LogP contribution is -2.30. The minimum absolute atomic E-state index is 0.0328. The van der Waals surface area contributed by atoms with Crippen molar-refractivity contribution in [2.75, 3.05) is 12.0 Å². The van der Waals surface area contributed by atoms with Crippen LogP contribution < -0.4 is 9.64 Å². The molecule has 5 heteroatoms. The van der Waals surface area contributed by atoms with E-state index in [1.54, 1.807) is 18.9 Å². The molecule has 0 aromatic heterocycles. The topological polar surface area (TPSA) is 29.5 Å². The number of halogens is 1. The first-order valence-corrected chi connectivity index (χ1v) is 8.30. The largest absolute Gasteiger partial charge is 0.497 e. The summed E-state index contributed by atoms with van der Waals surface area (Å²) >= 11 is 7.60. The lowest BCUT2D eigenvalue weighted by molar-refractivity contribution is -0.117. The van der Waals surface area contributed by atoms with E-state index in [9.17, 15) is 4.79 Å². The summed E-state index contributed by atoms with van der Waals surface area (Å²) in [7, 11) is 1.64. The van der Waals surface area contributed by atoms with Crippen molar-refractivity contribution in [3.63, 3.8) is 0 Å². The highest BCUT2D eigenvalue weighted by molar-refractivity contribution is 8.01. The Bertz CT molecular complexity index is 672. The standard InChI is InChI=1S/C17H16ClNO2S/c1-11-16(20)19(14-7-5-13(18)6-8-14)17(22-11)12-3-9-15(21-2)10-4-12/h3-11,17H,1-2H3/t11-,17-/m1/s1. The minimum Gasteiger partial charge on any atom is -0.497 e. The molecule has 3 nitrogen and oxygen atoms in total. The molecule has 1 saturated heterocycles. The lowest BCUT2D eigenvalue weighted by Gasteiger charge is -2.24. The quantitative estimate of drug-likeness (QED) is 0.827. The number of benzene rings is 2. The van der Waals surface area contributed by atoms with Crippen molar-refractivity contribution in [3.05, 3.63) is 59.1 Å². The summed E-state index contributed by atoms with van der Waals surface area (Å²) in [5.74, 6) is 0.928. The van der Waals surface area contributed by atoms with Gasteiger partial charge in [-0.25, -0.2) is 0 Å². The molecule has 2 aromatic rings. The van der Waals surface area contributed by atoms with E-state index in [-0.39, 0.29) is 16.5 Å². The predicted molar refractivity (Wildman–Crippen MR) is 91.7 cm³/mol. The maximum absolute atomic E-state index is 12.5. The van der Waals surface area contributed by atoms with Crippen molar-refractivity contribution in [1.82, 2.24) is 0 Å². The Labute approximate surface area is 139 Å². The van der Waals surface area contributed by atoms with Crippen molar-refractivity contribution in [3.8, 4) is 5.75 Å². The first kappa shape index (κ1) is 15.3. The van der Waals surface area contributed by atoms with E-state index in [1.807, 2.05) is 60.4 Å². The van der Waals surface area contributed by atoms with E-state index in [2.05, 4.69) is 0 Å². The zero-order valence-electron chi connectivity index (χ0n) is 12.3. The van der Waals surface area contributed by atoms with Gasteiger partial charge in [0.2, 0.25) is 5.91 Å². The number of thioether (sulfide) groups is 1. The van der Waals surface area contributed by atoms with Crippen molar-refractivity contribution in [1.29, 1.82) is 0 Å². The molecule has 0 radical (unpaired) electrons. The summed E-state index contributed by atoms with van der Waals surface area (Å²) in [6.45, 7) is 1.94. The summed E-state index contributed by atoms with van der Waals surface area (Å²) < 4.78 is 5.20. The molecule has 0 bridgehead atoms. The molecule has 0 saturated carbocycles. The Morgan fingerprint density at radius 2 is 1.73 bits per heavy atom. The molecule has 1 aliphatic heterocycles. The van der Waals surface area contributed by atoms with Gasteiger partial charge < -0.3 is 4.74 Å². The van der Waals surface area contributed by atoms with Crippen LogP contribution in [0.5, 0.6) is 5.75 Å². The van der Waals surface area contributed by atoms with Gasteiger partial charge in [-0.2, -0.15) is 0 Å². The van der Waals surface area contributed by atoms with Gasteiger partial charge in [-0.05, 0) is 48.9 Å². The average molecular weight is 334 g/mol. The third kappa shape index (κ3) is 2.81. The fourth-order valence-corrected chi connectivity index (χ4v) is 3.89. The normalized spacial score (nSPS) is 21.2. The van der Waals surface area contributed by atoms with Crippen LogP contribution in [0.25, 0.3) is 0 Å². The van der Waals surface area contributed by atoms with Crippen LogP contribution in [-0.4, -0.2) is 18.3 Å². The molecule has 22 heavy (non-hydrogen) atoms. The molecular weight excluding hydrogens is 318 g/mol. The number of ether oxygens (including phenoxy) is 1. The summed E-state index contributed by atoms with van der Waals surface area (Å²) in [5, 5.41) is 0.564. The Morgan fingerprint density at radius 3 is 2.32 bits per heavy atom. The second-order valence-corrected chi connectivity index (χ2v) is 6.95. The van der Waals surface area contributed by atoms with Crippen LogP contribution in [0, 0.1) is 0 Å². The van der Waals surface area contributed by atoms with Gasteiger partial charge in [0.05, 0.1) is 12.4 Å². The van der Waals surface area contributed by atoms with E-state index in [0.717, 1.165) is 17.0 Å². The van der Waals surface area contributed by atoms with E-state index in [1.165, 1.54) is 0 Å². The summed E-state index contributed by atoms with van der Waals surface area (Å²) in [6.07, 6.45) is 0. The van der Waals surface area contributed by atoms with Crippen LogP contribution in [-0.2, 0) is 4.79 Å². The lowest BCUT2D eigenvalue weighted by atomic mass is 10.1. The molecule has 1 aliphatic rings. The van der Waals surface area contributed by atoms with Crippen molar-refractivity contribution in [2.24, 2.45) is 0 Å². The van der Waals surface area contributed by atoms with Gasteiger partial charge in [0.25, 0.3) is 0 Å². The SMILES string of the molecule is COc1ccc([C@H]2S[C@H](C)C(=O)N2c2ccc(Cl)cc2)cc1. The van der Waals surface area contributed by atoms with Crippen LogP contribution in [0.1, 0.15) is 17.9 Å².